The van der Waals surface area contributed by atoms with Crippen molar-refractivity contribution < 1.29 is 17.9 Å². The molecule has 11 heteroatoms. The van der Waals surface area contributed by atoms with Gasteiger partial charge in [-0.1, -0.05) is 0 Å². The van der Waals surface area contributed by atoms with Gasteiger partial charge in [-0.15, -0.1) is 35.3 Å². The first-order chi connectivity index (χ1) is 13.9. The average molecular weight is 575 g/mol. The fraction of sp³-hybridized carbons (Fsp3) is 0.737. The molecule has 0 bridgehead atoms. The molecule has 0 saturated carbocycles. The minimum absolute atomic E-state index is 0. The fourth-order valence-electron chi connectivity index (χ4n) is 3.33. The van der Waals surface area contributed by atoms with Crippen LogP contribution in [0, 0.1) is 13.8 Å². The van der Waals surface area contributed by atoms with Crippen molar-refractivity contribution in [2.45, 2.75) is 44.1 Å². The van der Waals surface area contributed by atoms with E-state index in [-0.39, 0.29) is 30.1 Å². The zero-order valence-corrected chi connectivity index (χ0v) is 22.2. The van der Waals surface area contributed by atoms with Crippen LogP contribution in [0.3, 0.4) is 0 Å². The Labute approximate surface area is 201 Å². The highest BCUT2D eigenvalue weighted by Gasteiger charge is 2.22. The van der Waals surface area contributed by atoms with E-state index in [1.165, 1.54) is 11.3 Å². The van der Waals surface area contributed by atoms with E-state index in [0.717, 1.165) is 61.3 Å². The van der Waals surface area contributed by atoms with Crippen molar-refractivity contribution in [3.8, 4) is 0 Å². The molecule has 0 spiro atoms. The number of thiophene rings is 1. The van der Waals surface area contributed by atoms with Crippen LogP contribution in [0.2, 0.25) is 0 Å². The standard InChI is InChI=1S/C19H34N4O4S2.HI/c1-15-14-18(16(2)28-15)29(24,25)22-9-8-21-19(20-3)23-10-6-17(7-11-23)27-13-5-12-26-4;/h14,17,22H,5-13H2,1-4H3,(H,20,21);1H. The quantitative estimate of drug-likeness (QED) is 0.193. The van der Waals surface area contributed by atoms with E-state index in [1.54, 1.807) is 20.2 Å². The summed E-state index contributed by atoms with van der Waals surface area (Å²) in [6.07, 6.45) is 3.11. The maximum Gasteiger partial charge on any atom is 0.241 e. The summed E-state index contributed by atoms with van der Waals surface area (Å²) in [6, 6.07) is 1.72. The van der Waals surface area contributed by atoms with Gasteiger partial charge < -0.3 is 19.7 Å². The number of guanidine groups is 1. The zero-order chi connectivity index (χ0) is 21.3. The normalized spacial score (nSPS) is 15.9. The number of nitrogens with one attached hydrogen (secondary N) is 2. The monoisotopic (exact) mass is 574 g/mol. The third-order valence-corrected chi connectivity index (χ3v) is 7.47. The number of nitrogens with zero attached hydrogens (tertiary/aromatic N) is 2. The summed E-state index contributed by atoms with van der Waals surface area (Å²) in [4.78, 5) is 8.70. The molecular formula is C19H35IN4O4S2. The number of hydrogen-bond acceptors (Lipinski definition) is 6. The summed E-state index contributed by atoms with van der Waals surface area (Å²) >= 11 is 1.49. The van der Waals surface area contributed by atoms with Crippen LogP contribution >= 0.6 is 35.3 Å². The molecular weight excluding hydrogens is 539 g/mol. The molecule has 2 rings (SSSR count). The van der Waals surface area contributed by atoms with E-state index in [4.69, 9.17) is 9.47 Å². The van der Waals surface area contributed by atoms with Crippen molar-refractivity contribution >= 4 is 51.3 Å². The van der Waals surface area contributed by atoms with Gasteiger partial charge >= 0.3 is 0 Å². The molecule has 2 heterocycles. The average Bonchev–Trinajstić information content (AvgIpc) is 3.05. The lowest BCUT2D eigenvalue weighted by molar-refractivity contribution is 0.00992. The van der Waals surface area contributed by atoms with Crippen molar-refractivity contribution in [1.82, 2.24) is 14.9 Å². The van der Waals surface area contributed by atoms with Crippen LogP contribution in [0.15, 0.2) is 16.0 Å². The molecule has 30 heavy (non-hydrogen) atoms. The molecule has 1 aliphatic heterocycles. The SMILES string of the molecule is CN=C(NCCNS(=O)(=O)c1cc(C)sc1C)N1CCC(OCCCOC)CC1.I. The Morgan fingerprint density at radius 2 is 1.97 bits per heavy atom. The van der Waals surface area contributed by atoms with Crippen LogP contribution in [-0.2, 0) is 19.5 Å². The third kappa shape index (κ3) is 8.58. The molecule has 0 radical (unpaired) electrons. The summed E-state index contributed by atoms with van der Waals surface area (Å²) in [6.45, 7) is 7.71. The van der Waals surface area contributed by atoms with E-state index in [1.807, 2.05) is 13.8 Å². The smallest absolute Gasteiger partial charge is 0.241 e. The van der Waals surface area contributed by atoms with Crippen LogP contribution in [0.1, 0.15) is 29.0 Å². The van der Waals surface area contributed by atoms with Gasteiger partial charge in [0, 0.05) is 63.3 Å². The number of halogens is 1. The predicted octanol–water partition coefficient (Wildman–Crippen LogP) is 2.35. The topological polar surface area (TPSA) is 92.3 Å². The second kappa shape index (κ2) is 13.8. The Morgan fingerprint density at radius 3 is 2.53 bits per heavy atom. The first-order valence-corrected chi connectivity index (χ1v) is 12.3. The van der Waals surface area contributed by atoms with Gasteiger partial charge in [-0.05, 0) is 39.2 Å². The van der Waals surface area contributed by atoms with E-state index in [9.17, 15) is 8.42 Å². The minimum Gasteiger partial charge on any atom is -0.385 e. The van der Waals surface area contributed by atoms with Gasteiger partial charge in [-0.3, -0.25) is 4.99 Å². The molecule has 1 fully saturated rings. The lowest BCUT2D eigenvalue weighted by Crippen LogP contribution is -2.48. The van der Waals surface area contributed by atoms with Crippen LogP contribution in [0.4, 0.5) is 0 Å². The number of ether oxygens (including phenoxy) is 2. The van der Waals surface area contributed by atoms with Gasteiger partial charge in [0.1, 0.15) is 0 Å². The number of methoxy groups -OCH3 is 1. The van der Waals surface area contributed by atoms with Gasteiger partial charge in [0.05, 0.1) is 11.0 Å². The molecule has 0 unspecified atom stereocenters. The number of aryl methyl sites for hydroxylation is 2. The fourth-order valence-corrected chi connectivity index (χ4v) is 5.92. The summed E-state index contributed by atoms with van der Waals surface area (Å²) < 4.78 is 38.5. The third-order valence-electron chi connectivity index (χ3n) is 4.78. The second-order valence-corrected chi connectivity index (χ2v) is 10.2. The number of sulfonamides is 1. The maximum absolute atomic E-state index is 12.5. The number of rotatable bonds is 10. The van der Waals surface area contributed by atoms with Crippen molar-refractivity contribution in [2.75, 3.05) is 53.6 Å². The van der Waals surface area contributed by atoms with Crippen molar-refractivity contribution in [3.63, 3.8) is 0 Å². The van der Waals surface area contributed by atoms with Gasteiger partial charge in [0.2, 0.25) is 10.0 Å². The predicted molar refractivity (Wildman–Crippen MR) is 133 cm³/mol. The lowest BCUT2D eigenvalue weighted by Gasteiger charge is -2.34. The molecule has 0 aromatic carbocycles. The molecule has 0 atom stereocenters. The molecule has 0 aliphatic carbocycles. The van der Waals surface area contributed by atoms with Crippen LogP contribution in [0.5, 0.6) is 0 Å². The number of piperidine rings is 1. The molecule has 1 aromatic heterocycles. The number of hydrogen-bond donors (Lipinski definition) is 2. The molecule has 8 nitrogen and oxygen atoms in total. The highest BCUT2D eigenvalue weighted by Crippen LogP contribution is 2.24. The molecule has 0 amide bonds. The molecule has 1 saturated heterocycles. The van der Waals surface area contributed by atoms with Crippen molar-refractivity contribution in [1.29, 1.82) is 0 Å². The van der Waals surface area contributed by atoms with Gasteiger partial charge in [-0.25, -0.2) is 13.1 Å². The highest BCUT2D eigenvalue weighted by molar-refractivity contribution is 14.0. The van der Waals surface area contributed by atoms with E-state index in [0.29, 0.717) is 18.0 Å². The van der Waals surface area contributed by atoms with E-state index < -0.39 is 10.0 Å². The lowest BCUT2D eigenvalue weighted by atomic mass is 10.1. The summed E-state index contributed by atoms with van der Waals surface area (Å²) in [5.41, 5.74) is 0. The largest absolute Gasteiger partial charge is 0.385 e. The molecule has 2 N–H and O–H groups in total. The Balaban J connectivity index is 0.00000450. The minimum atomic E-state index is -3.48. The Bertz CT molecular complexity index is 763. The molecule has 174 valence electrons. The number of likely N-dealkylation sites (tertiary alicyclic amines) is 1. The zero-order valence-electron chi connectivity index (χ0n) is 18.3. The number of aliphatic imine (C=N–C) groups is 1. The van der Waals surface area contributed by atoms with E-state index in [2.05, 4.69) is 19.9 Å². The van der Waals surface area contributed by atoms with Gasteiger partial charge in [-0.2, -0.15) is 0 Å². The second-order valence-electron chi connectivity index (χ2n) is 7.05. The summed E-state index contributed by atoms with van der Waals surface area (Å²) in [5.74, 6) is 0.796. The van der Waals surface area contributed by atoms with Crippen LogP contribution in [-0.4, -0.2) is 78.9 Å². The van der Waals surface area contributed by atoms with Gasteiger partial charge in [0.25, 0.3) is 0 Å². The molecule has 1 aromatic rings. The summed E-state index contributed by atoms with van der Waals surface area (Å²) in [7, 11) is -0.0307. The first kappa shape index (κ1) is 27.6. The van der Waals surface area contributed by atoms with Crippen LogP contribution < -0.4 is 10.0 Å². The van der Waals surface area contributed by atoms with Crippen LogP contribution in [0.25, 0.3) is 0 Å². The van der Waals surface area contributed by atoms with Crippen molar-refractivity contribution in [3.05, 3.63) is 15.8 Å². The Kier molecular flexibility index (Phi) is 12.7. The summed E-state index contributed by atoms with van der Waals surface area (Å²) in [5, 5.41) is 3.25. The van der Waals surface area contributed by atoms with Crippen molar-refractivity contribution in [2.24, 2.45) is 4.99 Å². The Hall–Kier alpha value is -0.470. The maximum atomic E-state index is 12.5. The van der Waals surface area contributed by atoms with Gasteiger partial charge in [0.15, 0.2) is 5.96 Å². The first-order valence-electron chi connectivity index (χ1n) is 10.00. The van der Waals surface area contributed by atoms with E-state index >= 15 is 0 Å². The molecule has 1 aliphatic rings. The highest BCUT2D eigenvalue weighted by atomic mass is 127. The Morgan fingerprint density at radius 1 is 1.27 bits per heavy atom.